The van der Waals surface area contributed by atoms with Gasteiger partial charge >= 0.3 is 0 Å². The van der Waals surface area contributed by atoms with Crippen LogP contribution in [0.15, 0.2) is 73.3 Å². The Morgan fingerprint density at radius 1 is 0.792 bits per heavy atom. The molecule has 3 heteroatoms. The van der Waals surface area contributed by atoms with Gasteiger partial charge in [0.05, 0.1) is 5.56 Å². The minimum absolute atomic E-state index is 0.0535. The number of para-hydroxylation sites is 1. The number of ketones is 1. The maximum Gasteiger partial charge on any atom is 0.196 e. The van der Waals surface area contributed by atoms with Crippen molar-refractivity contribution in [3.05, 3.63) is 95.6 Å². The van der Waals surface area contributed by atoms with Crippen LogP contribution in [0.25, 0.3) is 5.57 Å². The zero-order valence-electron chi connectivity index (χ0n) is 13.0. The van der Waals surface area contributed by atoms with Crippen LogP contribution in [0.1, 0.15) is 27.0 Å². The Labute approximate surface area is 140 Å². The molecule has 0 unspecified atom stereocenters. The van der Waals surface area contributed by atoms with Crippen LogP contribution < -0.4 is 11.1 Å². The second-order valence-corrected chi connectivity index (χ2v) is 5.80. The molecular weight excluding hydrogens is 296 g/mol. The Kier molecular flexibility index (Phi) is 3.21. The van der Waals surface area contributed by atoms with Crippen LogP contribution in [0, 0.1) is 0 Å². The number of nitrogens with one attached hydrogen (secondary N) is 1. The third-order valence-corrected chi connectivity index (χ3v) is 4.32. The van der Waals surface area contributed by atoms with E-state index in [1.165, 1.54) is 0 Å². The highest BCUT2D eigenvalue weighted by atomic mass is 16.1. The van der Waals surface area contributed by atoms with Crippen LogP contribution in [-0.2, 0) is 0 Å². The third kappa shape index (κ3) is 2.10. The monoisotopic (exact) mass is 312 g/mol. The Morgan fingerprint density at radius 3 is 2.21 bits per heavy atom. The van der Waals surface area contributed by atoms with Gasteiger partial charge in [0.2, 0.25) is 0 Å². The summed E-state index contributed by atoms with van der Waals surface area (Å²) < 4.78 is 0. The summed E-state index contributed by atoms with van der Waals surface area (Å²) in [4.78, 5) is 12.9. The lowest BCUT2D eigenvalue weighted by atomic mass is 9.80. The van der Waals surface area contributed by atoms with E-state index in [-0.39, 0.29) is 5.78 Å². The normalized spacial score (nSPS) is 12.5. The van der Waals surface area contributed by atoms with Gasteiger partial charge in [-0.2, -0.15) is 0 Å². The molecule has 0 saturated heterocycles. The maximum atomic E-state index is 12.9. The average molecular weight is 312 g/mol. The van der Waals surface area contributed by atoms with E-state index in [0.29, 0.717) is 16.8 Å². The van der Waals surface area contributed by atoms with E-state index < -0.39 is 0 Å². The largest absolute Gasteiger partial charge is 0.398 e. The quantitative estimate of drug-likeness (QED) is 0.531. The predicted octanol–water partition coefficient (Wildman–Crippen LogP) is 4.62. The number of carbonyl (C=O) groups excluding carboxylic acids is 1. The van der Waals surface area contributed by atoms with Gasteiger partial charge in [-0.3, -0.25) is 4.79 Å². The molecule has 116 valence electrons. The minimum atomic E-state index is -0.0535. The fourth-order valence-electron chi connectivity index (χ4n) is 3.17. The predicted molar refractivity (Wildman–Crippen MR) is 98.6 cm³/mol. The number of nitrogens with two attached hydrogens (primary N) is 1. The summed E-state index contributed by atoms with van der Waals surface area (Å²) in [5, 5.41) is 3.37. The van der Waals surface area contributed by atoms with Crippen LogP contribution in [-0.4, -0.2) is 5.78 Å². The van der Waals surface area contributed by atoms with Crippen LogP contribution in [0.4, 0.5) is 17.1 Å². The first-order chi connectivity index (χ1) is 11.7. The molecule has 0 aromatic heterocycles. The number of hydrogen-bond acceptors (Lipinski definition) is 3. The summed E-state index contributed by atoms with van der Waals surface area (Å²) in [6.45, 7) is 4.23. The van der Waals surface area contributed by atoms with E-state index in [2.05, 4.69) is 11.9 Å². The second kappa shape index (κ2) is 5.39. The van der Waals surface area contributed by atoms with Crippen molar-refractivity contribution in [2.24, 2.45) is 0 Å². The van der Waals surface area contributed by atoms with Crippen molar-refractivity contribution in [2.75, 3.05) is 11.1 Å². The van der Waals surface area contributed by atoms with Gasteiger partial charge in [-0.05, 0) is 35.4 Å². The van der Waals surface area contributed by atoms with E-state index in [9.17, 15) is 4.79 Å². The highest BCUT2D eigenvalue weighted by Gasteiger charge is 2.29. The summed E-state index contributed by atoms with van der Waals surface area (Å²) in [6, 6.07) is 21.0. The second-order valence-electron chi connectivity index (χ2n) is 5.80. The molecule has 0 heterocycles. The van der Waals surface area contributed by atoms with Gasteiger partial charge in [0.25, 0.3) is 0 Å². The van der Waals surface area contributed by atoms with Gasteiger partial charge in [-0.1, -0.05) is 49.0 Å². The van der Waals surface area contributed by atoms with Crippen molar-refractivity contribution in [1.29, 1.82) is 0 Å². The molecule has 0 amide bonds. The molecule has 3 nitrogen and oxygen atoms in total. The van der Waals surface area contributed by atoms with Crippen molar-refractivity contribution in [3.8, 4) is 0 Å². The number of anilines is 3. The van der Waals surface area contributed by atoms with Crippen LogP contribution >= 0.6 is 0 Å². The zero-order chi connectivity index (χ0) is 16.7. The number of hydrogen-bond donors (Lipinski definition) is 2. The van der Waals surface area contributed by atoms with E-state index in [0.717, 1.165) is 28.1 Å². The minimum Gasteiger partial charge on any atom is -0.398 e. The SMILES string of the molecule is C=C1c2ccccc2C(=O)c2c(N)ccc(Nc3ccccc3)c21. The summed E-state index contributed by atoms with van der Waals surface area (Å²) in [6.07, 6.45) is 0. The fourth-order valence-corrected chi connectivity index (χ4v) is 3.17. The molecule has 0 fully saturated rings. The highest BCUT2D eigenvalue weighted by molar-refractivity contribution is 6.22. The maximum absolute atomic E-state index is 12.9. The topological polar surface area (TPSA) is 55.1 Å². The van der Waals surface area contributed by atoms with Crippen LogP contribution in [0.3, 0.4) is 0 Å². The van der Waals surface area contributed by atoms with Crippen LogP contribution in [0.2, 0.25) is 0 Å². The van der Waals surface area contributed by atoms with Gasteiger partial charge in [-0.15, -0.1) is 0 Å². The standard InChI is InChI=1S/C21H16N2O/c1-13-15-9-5-6-10-16(15)21(24)20-17(22)11-12-18(19(13)20)23-14-7-3-2-4-8-14/h2-12,23H,1,22H2. The van der Waals surface area contributed by atoms with E-state index in [1.54, 1.807) is 6.07 Å². The van der Waals surface area contributed by atoms with E-state index in [1.807, 2.05) is 60.7 Å². The van der Waals surface area contributed by atoms with Gasteiger partial charge < -0.3 is 11.1 Å². The number of benzene rings is 3. The summed E-state index contributed by atoms with van der Waals surface area (Å²) in [5.41, 5.74) is 12.0. The van der Waals surface area contributed by atoms with Gasteiger partial charge in [0, 0.05) is 28.2 Å². The van der Waals surface area contributed by atoms with E-state index >= 15 is 0 Å². The lowest BCUT2D eigenvalue weighted by molar-refractivity contribution is 0.103. The van der Waals surface area contributed by atoms with Crippen LogP contribution in [0.5, 0.6) is 0 Å². The Hall–Kier alpha value is -3.33. The van der Waals surface area contributed by atoms with Crippen molar-refractivity contribution in [3.63, 3.8) is 0 Å². The molecule has 1 aliphatic rings. The highest BCUT2D eigenvalue weighted by Crippen LogP contribution is 2.42. The fraction of sp³-hybridized carbons (Fsp3) is 0. The number of fused-ring (bicyclic) bond motifs is 2. The molecule has 0 atom stereocenters. The lowest BCUT2D eigenvalue weighted by Gasteiger charge is -2.25. The molecule has 1 aliphatic carbocycles. The van der Waals surface area contributed by atoms with Crippen molar-refractivity contribution in [1.82, 2.24) is 0 Å². The first kappa shape index (κ1) is 14.3. The van der Waals surface area contributed by atoms with Gasteiger partial charge in [0.15, 0.2) is 5.78 Å². The number of rotatable bonds is 2. The molecule has 4 rings (SSSR count). The van der Waals surface area contributed by atoms with E-state index in [4.69, 9.17) is 5.73 Å². The molecule has 3 aromatic rings. The van der Waals surface area contributed by atoms with Gasteiger partial charge in [-0.25, -0.2) is 0 Å². The van der Waals surface area contributed by atoms with Crippen molar-refractivity contribution in [2.45, 2.75) is 0 Å². The smallest absolute Gasteiger partial charge is 0.196 e. The third-order valence-electron chi connectivity index (χ3n) is 4.32. The zero-order valence-corrected chi connectivity index (χ0v) is 13.0. The molecule has 0 spiro atoms. The average Bonchev–Trinajstić information content (AvgIpc) is 2.62. The molecule has 0 radical (unpaired) electrons. The first-order valence-electron chi connectivity index (χ1n) is 7.75. The molecule has 0 aliphatic heterocycles. The molecule has 3 N–H and O–H groups in total. The Morgan fingerprint density at radius 2 is 1.46 bits per heavy atom. The molecule has 0 saturated carbocycles. The Balaban J connectivity index is 1.92. The van der Waals surface area contributed by atoms with Gasteiger partial charge in [0.1, 0.15) is 0 Å². The Bertz CT molecular complexity index is 974. The molecule has 3 aromatic carbocycles. The number of carbonyl (C=O) groups is 1. The lowest BCUT2D eigenvalue weighted by Crippen LogP contribution is -2.17. The first-order valence-corrected chi connectivity index (χ1v) is 7.75. The van der Waals surface area contributed by atoms with Crippen molar-refractivity contribution >= 4 is 28.4 Å². The summed E-state index contributed by atoms with van der Waals surface area (Å²) in [7, 11) is 0. The van der Waals surface area contributed by atoms with Crippen molar-refractivity contribution < 1.29 is 4.79 Å². The molecular formula is C21H16N2O. The molecule has 0 bridgehead atoms. The molecule has 24 heavy (non-hydrogen) atoms. The number of nitrogen functional groups attached to an aromatic ring is 1. The summed E-state index contributed by atoms with van der Waals surface area (Å²) in [5.74, 6) is -0.0535. The summed E-state index contributed by atoms with van der Waals surface area (Å²) >= 11 is 0.